The molecular weight excluding hydrogens is 411 g/mol. The van der Waals surface area contributed by atoms with E-state index in [1.807, 2.05) is 17.0 Å². The standard InChI is InChI=1S/C23H21ClF3N3/c24-16-3-5-19(21(26)12-16)23(15-2-1-9-28-14-15)29-17-7-10-30(11-8-17)18-4-6-20(25)22(27)13-18/h1-6,9,12-14,17,23,29H,7-8,10-11H2. The molecule has 0 spiro atoms. The van der Waals surface area contributed by atoms with E-state index < -0.39 is 11.6 Å². The summed E-state index contributed by atoms with van der Waals surface area (Å²) in [5, 5.41) is 3.91. The molecule has 3 nitrogen and oxygen atoms in total. The van der Waals surface area contributed by atoms with Crippen LogP contribution in [0.3, 0.4) is 0 Å². The van der Waals surface area contributed by atoms with Crippen molar-refractivity contribution in [1.82, 2.24) is 10.3 Å². The first-order valence-corrected chi connectivity index (χ1v) is 10.2. The fourth-order valence-corrected chi connectivity index (χ4v) is 4.03. The van der Waals surface area contributed by atoms with Crippen LogP contribution in [-0.4, -0.2) is 24.1 Å². The van der Waals surface area contributed by atoms with Crippen LogP contribution in [0.2, 0.25) is 5.02 Å². The zero-order valence-corrected chi connectivity index (χ0v) is 16.9. The molecule has 30 heavy (non-hydrogen) atoms. The van der Waals surface area contributed by atoms with E-state index in [0.717, 1.165) is 24.5 Å². The molecule has 0 bridgehead atoms. The Kier molecular flexibility index (Phi) is 6.25. The number of anilines is 1. The summed E-state index contributed by atoms with van der Waals surface area (Å²) < 4.78 is 41.4. The molecule has 7 heteroatoms. The highest BCUT2D eigenvalue weighted by molar-refractivity contribution is 6.30. The Labute approximate surface area is 178 Å². The predicted molar refractivity (Wildman–Crippen MR) is 112 cm³/mol. The molecule has 3 aromatic rings. The Morgan fingerprint density at radius 2 is 1.77 bits per heavy atom. The Bertz CT molecular complexity index is 1010. The molecule has 156 valence electrons. The van der Waals surface area contributed by atoms with E-state index in [-0.39, 0.29) is 17.9 Å². The minimum atomic E-state index is -0.848. The Morgan fingerprint density at radius 1 is 0.967 bits per heavy atom. The third-order valence-corrected chi connectivity index (χ3v) is 5.69. The van der Waals surface area contributed by atoms with Crippen LogP contribution < -0.4 is 10.2 Å². The molecule has 1 saturated heterocycles. The average molecular weight is 432 g/mol. The van der Waals surface area contributed by atoms with Crippen molar-refractivity contribution in [1.29, 1.82) is 0 Å². The molecule has 1 aliphatic rings. The van der Waals surface area contributed by atoms with E-state index in [9.17, 15) is 13.2 Å². The first-order valence-electron chi connectivity index (χ1n) is 9.82. The van der Waals surface area contributed by atoms with Crippen molar-refractivity contribution >= 4 is 17.3 Å². The molecular formula is C23H21ClF3N3. The van der Waals surface area contributed by atoms with Gasteiger partial charge in [-0.2, -0.15) is 0 Å². The lowest BCUT2D eigenvalue weighted by atomic mass is 9.96. The molecule has 1 atom stereocenters. The first kappa shape index (κ1) is 20.7. The summed E-state index contributed by atoms with van der Waals surface area (Å²) in [6, 6.07) is 12.2. The van der Waals surface area contributed by atoms with Gasteiger partial charge in [0.2, 0.25) is 0 Å². The smallest absolute Gasteiger partial charge is 0.160 e. The van der Waals surface area contributed by atoms with E-state index in [1.165, 1.54) is 12.1 Å². The SMILES string of the molecule is Fc1ccc(N2CCC(NC(c3cccnc3)c3ccc(Cl)cc3F)CC2)cc1F. The van der Waals surface area contributed by atoms with Gasteiger partial charge in [-0.25, -0.2) is 13.2 Å². The number of rotatable bonds is 5. The molecule has 0 amide bonds. The molecule has 0 saturated carbocycles. The van der Waals surface area contributed by atoms with Crippen LogP contribution in [-0.2, 0) is 0 Å². The van der Waals surface area contributed by atoms with Crippen molar-refractivity contribution in [2.45, 2.75) is 24.9 Å². The van der Waals surface area contributed by atoms with Gasteiger partial charge < -0.3 is 10.2 Å². The van der Waals surface area contributed by atoms with Crippen LogP contribution in [0.15, 0.2) is 60.9 Å². The summed E-state index contributed by atoms with van der Waals surface area (Å²) in [6.07, 6.45) is 4.97. The van der Waals surface area contributed by atoms with E-state index >= 15 is 0 Å². The number of pyridine rings is 1. The summed E-state index contributed by atoms with van der Waals surface area (Å²) in [6.45, 7) is 1.37. The van der Waals surface area contributed by atoms with Gasteiger partial charge in [0, 0.05) is 53.9 Å². The van der Waals surface area contributed by atoms with Crippen molar-refractivity contribution in [2.75, 3.05) is 18.0 Å². The Balaban J connectivity index is 1.49. The molecule has 1 N–H and O–H groups in total. The summed E-state index contributed by atoms with van der Waals surface area (Å²) in [5.41, 5.74) is 2.04. The van der Waals surface area contributed by atoms with Crippen molar-refractivity contribution < 1.29 is 13.2 Å². The molecule has 1 aliphatic heterocycles. The van der Waals surface area contributed by atoms with Crippen LogP contribution >= 0.6 is 11.6 Å². The topological polar surface area (TPSA) is 28.2 Å². The maximum Gasteiger partial charge on any atom is 0.160 e. The fraction of sp³-hybridized carbons (Fsp3) is 0.261. The number of nitrogens with one attached hydrogen (secondary N) is 1. The van der Waals surface area contributed by atoms with Crippen molar-refractivity contribution in [3.05, 3.63) is 94.5 Å². The summed E-state index contributed by atoms with van der Waals surface area (Å²) in [5.74, 6) is -2.06. The van der Waals surface area contributed by atoms with Crippen LogP contribution in [0.5, 0.6) is 0 Å². The summed E-state index contributed by atoms with van der Waals surface area (Å²) in [4.78, 5) is 6.21. The van der Waals surface area contributed by atoms with Crippen LogP contribution in [0, 0.1) is 17.5 Å². The number of hydrogen-bond acceptors (Lipinski definition) is 3. The van der Waals surface area contributed by atoms with Crippen LogP contribution in [0.25, 0.3) is 0 Å². The van der Waals surface area contributed by atoms with Gasteiger partial charge in [0.1, 0.15) is 5.82 Å². The molecule has 0 radical (unpaired) electrons. The van der Waals surface area contributed by atoms with Gasteiger partial charge in [0.15, 0.2) is 11.6 Å². The second-order valence-electron chi connectivity index (χ2n) is 7.41. The summed E-state index contributed by atoms with van der Waals surface area (Å²) >= 11 is 5.93. The van der Waals surface area contributed by atoms with Gasteiger partial charge in [0.25, 0.3) is 0 Å². The van der Waals surface area contributed by atoms with Crippen LogP contribution in [0.4, 0.5) is 18.9 Å². The van der Waals surface area contributed by atoms with Gasteiger partial charge in [-0.05, 0) is 48.7 Å². The predicted octanol–water partition coefficient (Wildman–Crippen LogP) is 5.50. The third-order valence-electron chi connectivity index (χ3n) is 5.46. The Hall–Kier alpha value is -2.57. The highest BCUT2D eigenvalue weighted by Gasteiger charge is 2.26. The van der Waals surface area contributed by atoms with E-state index in [0.29, 0.717) is 29.4 Å². The number of piperidine rings is 1. The highest BCUT2D eigenvalue weighted by Crippen LogP contribution is 2.29. The molecule has 1 unspecified atom stereocenters. The third kappa shape index (κ3) is 4.60. The second kappa shape index (κ2) is 9.06. The maximum atomic E-state index is 14.7. The normalized spacial score (nSPS) is 15.9. The van der Waals surface area contributed by atoms with Crippen molar-refractivity contribution in [3.63, 3.8) is 0 Å². The second-order valence-corrected chi connectivity index (χ2v) is 7.85. The summed E-state index contributed by atoms with van der Waals surface area (Å²) in [7, 11) is 0. The molecule has 1 aromatic heterocycles. The number of hydrogen-bond donors (Lipinski definition) is 1. The quantitative estimate of drug-likeness (QED) is 0.578. The van der Waals surface area contributed by atoms with Gasteiger partial charge in [-0.3, -0.25) is 4.98 Å². The van der Waals surface area contributed by atoms with Crippen molar-refractivity contribution in [2.24, 2.45) is 0 Å². The number of halogens is 4. The minimum absolute atomic E-state index is 0.131. The monoisotopic (exact) mass is 431 g/mol. The van der Waals surface area contributed by atoms with E-state index in [2.05, 4.69) is 10.3 Å². The molecule has 0 aliphatic carbocycles. The lowest BCUT2D eigenvalue weighted by Gasteiger charge is -2.36. The minimum Gasteiger partial charge on any atom is -0.371 e. The van der Waals surface area contributed by atoms with Crippen molar-refractivity contribution in [3.8, 4) is 0 Å². The molecule has 2 heterocycles. The number of aromatic nitrogens is 1. The molecule has 1 fully saturated rings. The lowest BCUT2D eigenvalue weighted by molar-refractivity contribution is 0.385. The number of nitrogens with zero attached hydrogens (tertiary/aromatic N) is 2. The highest BCUT2D eigenvalue weighted by atomic mass is 35.5. The van der Waals surface area contributed by atoms with E-state index in [4.69, 9.17) is 11.6 Å². The average Bonchev–Trinajstić information content (AvgIpc) is 2.76. The number of benzene rings is 2. The van der Waals surface area contributed by atoms with Gasteiger partial charge >= 0.3 is 0 Å². The Morgan fingerprint density at radius 3 is 2.43 bits per heavy atom. The van der Waals surface area contributed by atoms with Gasteiger partial charge in [-0.15, -0.1) is 0 Å². The van der Waals surface area contributed by atoms with Gasteiger partial charge in [-0.1, -0.05) is 23.7 Å². The lowest BCUT2D eigenvalue weighted by Crippen LogP contribution is -2.44. The molecule has 4 rings (SSSR count). The van der Waals surface area contributed by atoms with Gasteiger partial charge in [0.05, 0.1) is 6.04 Å². The maximum absolute atomic E-state index is 14.7. The zero-order valence-electron chi connectivity index (χ0n) is 16.2. The molecule has 2 aromatic carbocycles. The first-order chi connectivity index (χ1) is 14.5. The van der Waals surface area contributed by atoms with E-state index in [1.54, 1.807) is 30.6 Å². The fourth-order valence-electron chi connectivity index (χ4n) is 3.87. The largest absolute Gasteiger partial charge is 0.371 e. The van der Waals surface area contributed by atoms with Crippen LogP contribution in [0.1, 0.15) is 30.0 Å². The zero-order chi connectivity index (χ0) is 21.1.